The highest BCUT2D eigenvalue weighted by atomic mass is 35.5. The Balaban J connectivity index is 1.98. The third-order valence-electron chi connectivity index (χ3n) is 3.81. The molecule has 1 aromatic carbocycles. The van der Waals surface area contributed by atoms with Gasteiger partial charge >= 0.3 is 0 Å². The molecule has 100 valence electrons. The van der Waals surface area contributed by atoms with Gasteiger partial charge in [-0.05, 0) is 51.0 Å². The fourth-order valence-corrected chi connectivity index (χ4v) is 2.95. The molecule has 0 saturated carbocycles. The zero-order chi connectivity index (χ0) is 12.8. The number of benzene rings is 1. The summed E-state index contributed by atoms with van der Waals surface area (Å²) >= 11 is 6.26. The standard InChI is InChI=1S/C15H23ClN2/c1-17-10-9-14-7-4-5-11-18(14)12-13-6-2-3-8-15(13)16/h2-3,6,8,14,17H,4-5,7,9-12H2,1H3. The molecule has 1 atom stereocenters. The van der Waals surface area contributed by atoms with Crippen LogP contribution in [0.5, 0.6) is 0 Å². The maximum atomic E-state index is 6.26. The van der Waals surface area contributed by atoms with Crippen molar-refractivity contribution in [1.29, 1.82) is 0 Å². The molecule has 1 saturated heterocycles. The van der Waals surface area contributed by atoms with E-state index in [4.69, 9.17) is 11.6 Å². The first kappa shape index (κ1) is 13.9. The van der Waals surface area contributed by atoms with E-state index in [1.807, 2.05) is 19.2 Å². The van der Waals surface area contributed by atoms with Crippen molar-refractivity contribution in [3.63, 3.8) is 0 Å². The fourth-order valence-electron chi connectivity index (χ4n) is 2.75. The third-order valence-corrected chi connectivity index (χ3v) is 4.18. The predicted octanol–water partition coefficient (Wildman–Crippen LogP) is 3.30. The van der Waals surface area contributed by atoms with E-state index < -0.39 is 0 Å². The van der Waals surface area contributed by atoms with E-state index >= 15 is 0 Å². The molecule has 1 heterocycles. The quantitative estimate of drug-likeness (QED) is 0.880. The van der Waals surface area contributed by atoms with Crippen LogP contribution < -0.4 is 5.32 Å². The van der Waals surface area contributed by atoms with E-state index in [0.29, 0.717) is 6.04 Å². The average Bonchev–Trinajstić information content (AvgIpc) is 2.40. The van der Waals surface area contributed by atoms with Gasteiger partial charge in [0.15, 0.2) is 0 Å². The van der Waals surface area contributed by atoms with Gasteiger partial charge in [0.05, 0.1) is 0 Å². The Kier molecular flexibility index (Phi) is 5.48. The summed E-state index contributed by atoms with van der Waals surface area (Å²) in [6, 6.07) is 8.92. The Bertz CT molecular complexity index is 367. The number of likely N-dealkylation sites (tertiary alicyclic amines) is 1. The Labute approximate surface area is 115 Å². The number of rotatable bonds is 5. The lowest BCUT2D eigenvalue weighted by atomic mass is 9.98. The Morgan fingerprint density at radius 3 is 2.94 bits per heavy atom. The first-order valence-corrected chi connectivity index (χ1v) is 7.31. The molecular weight excluding hydrogens is 244 g/mol. The van der Waals surface area contributed by atoms with E-state index in [1.165, 1.54) is 37.8 Å². The van der Waals surface area contributed by atoms with E-state index in [2.05, 4.69) is 22.3 Å². The minimum absolute atomic E-state index is 0.711. The van der Waals surface area contributed by atoms with Crippen LogP contribution in [0.2, 0.25) is 5.02 Å². The number of nitrogens with zero attached hydrogens (tertiary/aromatic N) is 1. The van der Waals surface area contributed by atoms with Crippen molar-refractivity contribution in [2.24, 2.45) is 0 Å². The molecule has 18 heavy (non-hydrogen) atoms. The largest absolute Gasteiger partial charge is 0.320 e. The highest BCUT2D eigenvalue weighted by Crippen LogP contribution is 2.24. The van der Waals surface area contributed by atoms with Gasteiger partial charge in [0.1, 0.15) is 0 Å². The van der Waals surface area contributed by atoms with Gasteiger partial charge in [-0.3, -0.25) is 4.90 Å². The minimum Gasteiger partial charge on any atom is -0.320 e. The molecule has 3 heteroatoms. The van der Waals surface area contributed by atoms with Crippen LogP contribution in [0, 0.1) is 0 Å². The van der Waals surface area contributed by atoms with Crippen LogP contribution in [0.15, 0.2) is 24.3 Å². The van der Waals surface area contributed by atoms with Crippen molar-refractivity contribution in [2.45, 2.75) is 38.3 Å². The van der Waals surface area contributed by atoms with Gasteiger partial charge in [-0.1, -0.05) is 36.2 Å². The maximum Gasteiger partial charge on any atom is 0.0451 e. The van der Waals surface area contributed by atoms with Crippen LogP contribution in [0.3, 0.4) is 0 Å². The molecule has 1 N–H and O–H groups in total. The van der Waals surface area contributed by atoms with Crippen molar-refractivity contribution in [3.05, 3.63) is 34.9 Å². The minimum atomic E-state index is 0.711. The molecule has 0 bridgehead atoms. The second kappa shape index (κ2) is 7.13. The van der Waals surface area contributed by atoms with Crippen LogP contribution in [0.25, 0.3) is 0 Å². The van der Waals surface area contributed by atoms with Gasteiger partial charge in [-0.2, -0.15) is 0 Å². The van der Waals surface area contributed by atoms with Crippen molar-refractivity contribution in [2.75, 3.05) is 20.1 Å². The highest BCUT2D eigenvalue weighted by Gasteiger charge is 2.22. The summed E-state index contributed by atoms with van der Waals surface area (Å²) in [7, 11) is 2.03. The molecule has 1 aromatic rings. The van der Waals surface area contributed by atoms with Crippen molar-refractivity contribution >= 4 is 11.6 Å². The number of halogens is 1. The summed E-state index contributed by atoms with van der Waals surface area (Å²) in [5, 5.41) is 4.16. The summed E-state index contributed by atoms with van der Waals surface area (Å²) in [4.78, 5) is 2.60. The van der Waals surface area contributed by atoms with Crippen LogP contribution in [0.4, 0.5) is 0 Å². The lowest BCUT2D eigenvalue weighted by Crippen LogP contribution is -2.40. The van der Waals surface area contributed by atoms with Gasteiger partial charge in [-0.25, -0.2) is 0 Å². The zero-order valence-corrected chi connectivity index (χ0v) is 11.9. The number of piperidine rings is 1. The molecular formula is C15H23ClN2. The molecule has 1 fully saturated rings. The summed E-state index contributed by atoms with van der Waals surface area (Å²) in [5.74, 6) is 0. The molecule has 1 unspecified atom stereocenters. The Hall–Kier alpha value is -0.570. The molecule has 1 aliphatic heterocycles. The van der Waals surface area contributed by atoms with Crippen molar-refractivity contribution < 1.29 is 0 Å². The predicted molar refractivity (Wildman–Crippen MR) is 78.0 cm³/mol. The second-order valence-electron chi connectivity index (χ2n) is 5.10. The van der Waals surface area contributed by atoms with Crippen molar-refractivity contribution in [1.82, 2.24) is 10.2 Å². The molecule has 0 aromatic heterocycles. The lowest BCUT2D eigenvalue weighted by molar-refractivity contribution is 0.132. The van der Waals surface area contributed by atoms with Crippen LogP contribution in [0.1, 0.15) is 31.2 Å². The molecule has 2 rings (SSSR count). The topological polar surface area (TPSA) is 15.3 Å². The molecule has 1 aliphatic rings. The Morgan fingerprint density at radius 2 is 2.17 bits per heavy atom. The van der Waals surface area contributed by atoms with E-state index in [1.54, 1.807) is 0 Å². The first-order valence-electron chi connectivity index (χ1n) is 6.93. The van der Waals surface area contributed by atoms with E-state index in [0.717, 1.165) is 18.1 Å². The molecule has 0 radical (unpaired) electrons. The smallest absolute Gasteiger partial charge is 0.0451 e. The van der Waals surface area contributed by atoms with Gasteiger partial charge < -0.3 is 5.32 Å². The second-order valence-corrected chi connectivity index (χ2v) is 5.51. The van der Waals surface area contributed by atoms with Gasteiger partial charge in [0.2, 0.25) is 0 Å². The molecule has 0 amide bonds. The summed E-state index contributed by atoms with van der Waals surface area (Å²) in [6.07, 6.45) is 5.25. The van der Waals surface area contributed by atoms with E-state index in [9.17, 15) is 0 Å². The van der Waals surface area contributed by atoms with Gasteiger partial charge in [-0.15, -0.1) is 0 Å². The number of nitrogens with one attached hydrogen (secondary N) is 1. The van der Waals surface area contributed by atoms with Gasteiger partial charge in [0.25, 0.3) is 0 Å². The first-order chi connectivity index (χ1) is 8.81. The molecule has 2 nitrogen and oxygen atoms in total. The maximum absolute atomic E-state index is 6.26. The van der Waals surface area contributed by atoms with Crippen LogP contribution in [-0.4, -0.2) is 31.1 Å². The summed E-state index contributed by atoms with van der Waals surface area (Å²) < 4.78 is 0. The van der Waals surface area contributed by atoms with Crippen LogP contribution >= 0.6 is 11.6 Å². The summed E-state index contributed by atoms with van der Waals surface area (Å²) in [6.45, 7) is 3.30. The molecule has 0 spiro atoms. The zero-order valence-electron chi connectivity index (χ0n) is 11.2. The third kappa shape index (κ3) is 3.71. The monoisotopic (exact) mass is 266 g/mol. The van der Waals surface area contributed by atoms with Crippen molar-refractivity contribution in [3.8, 4) is 0 Å². The average molecular weight is 267 g/mol. The molecule has 0 aliphatic carbocycles. The SMILES string of the molecule is CNCCC1CCCCN1Cc1ccccc1Cl. The lowest BCUT2D eigenvalue weighted by Gasteiger charge is -2.36. The van der Waals surface area contributed by atoms with Gasteiger partial charge in [0, 0.05) is 17.6 Å². The van der Waals surface area contributed by atoms with Crippen LogP contribution in [-0.2, 0) is 6.54 Å². The number of hydrogen-bond acceptors (Lipinski definition) is 2. The Morgan fingerprint density at radius 1 is 1.33 bits per heavy atom. The highest BCUT2D eigenvalue weighted by molar-refractivity contribution is 6.31. The normalized spacial score (nSPS) is 21.1. The summed E-state index contributed by atoms with van der Waals surface area (Å²) in [5.41, 5.74) is 1.26. The fraction of sp³-hybridized carbons (Fsp3) is 0.600. The van der Waals surface area contributed by atoms with E-state index in [-0.39, 0.29) is 0 Å². The number of hydrogen-bond donors (Lipinski definition) is 1.